The van der Waals surface area contributed by atoms with Crippen LogP contribution in [0.25, 0.3) is 0 Å². The highest BCUT2D eigenvalue weighted by Crippen LogP contribution is 2.32. The normalized spacial score (nSPS) is 23.0. The highest BCUT2D eigenvalue weighted by atomic mass is 16.2. The van der Waals surface area contributed by atoms with Gasteiger partial charge in [-0.15, -0.1) is 0 Å². The third kappa shape index (κ3) is 4.41. The predicted octanol–water partition coefficient (Wildman–Crippen LogP) is 2.02. The van der Waals surface area contributed by atoms with Crippen LogP contribution < -0.4 is 10.6 Å². The summed E-state index contributed by atoms with van der Waals surface area (Å²) in [4.78, 5) is 30.8. The SMILES string of the molecule is CC[C@@]1(N2CCN(C(=O)NCc3ccc(C)cc3)CC2)CCN(C(=O)NC)C1. The fourth-order valence-electron chi connectivity index (χ4n) is 4.34. The molecule has 154 valence electrons. The number of amides is 4. The first-order chi connectivity index (χ1) is 13.5. The number of nitrogens with one attached hydrogen (secondary N) is 2. The number of piperazine rings is 1. The van der Waals surface area contributed by atoms with Crippen LogP contribution in [0.5, 0.6) is 0 Å². The Labute approximate surface area is 168 Å². The van der Waals surface area contributed by atoms with Gasteiger partial charge >= 0.3 is 12.1 Å². The van der Waals surface area contributed by atoms with E-state index in [1.54, 1.807) is 7.05 Å². The second-order valence-corrected chi connectivity index (χ2v) is 7.92. The van der Waals surface area contributed by atoms with E-state index in [0.29, 0.717) is 6.54 Å². The van der Waals surface area contributed by atoms with Crippen molar-refractivity contribution >= 4 is 12.1 Å². The maximum Gasteiger partial charge on any atom is 0.317 e. The van der Waals surface area contributed by atoms with Crippen molar-refractivity contribution < 1.29 is 9.59 Å². The molecule has 28 heavy (non-hydrogen) atoms. The number of likely N-dealkylation sites (tertiary alicyclic amines) is 1. The van der Waals surface area contributed by atoms with Gasteiger partial charge in [-0.1, -0.05) is 36.8 Å². The first-order valence-corrected chi connectivity index (χ1v) is 10.3. The summed E-state index contributed by atoms with van der Waals surface area (Å²) < 4.78 is 0. The van der Waals surface area contributed by atoms with Gasteiger partial charge in [-0.2, -0.15) is 0 Å². The third-order valence-electron chi connectivity index (χ3n) is 6.29. The lowest BCUT2D eigenvalue weighted by molar-refractivity contribution is 0.0457. The van der Waals surface area contributed by atoms with Gasteiger partial charge < -0.3 is 20.4 Å². The first-order valence-electron chi connectivity index (χ1n) is 10.3. The zero-order valence-electron chi connectivity index (χ0n) is 17.3. The minimum absolute atomic E-state index is 0.00387. The van der Waals surface area contributed by atoms with Gasteiger partial charge in [-0.25, -0.2) is 9.59 Å². The molecule has 1 aromatic carbocycles. The van der Waals surface area contributed by atoms with Crippen LogP contribution in [0.15, 0.2) is 24.3 Å². The van der Waals surface area contributed by atoms with Crippen molar-refractivity contribution in [2.45, 2.75) is 38.8 Å². The molecule has 2 aliphatic rings. The van der Waals surface area contributed by atoms with Crippen LogP contribution in [0.4, 0.5) is 9.59 Å². The van der Waals surface area contributed by atoms with Crippen molar-refractivity contribution in [1.29, 1.82) is 0 Å². The summed E-state index contributed by atoms with van der Waals surface area (Å²) in [6.07, 6.45) is 2.01. The third-order valence-corrected chi connectivity index (χ3v) is 6.29. The Bertz CT molecular complexity index is 685. The lowest BCUT2D eigenvalue weighted by Gasteiger charge is -2.45. The number of hydrogen-bond donors (Lipinski definition) is 2. The highest BCUT2D eigenvalue weighted by molar-refractivity contribution is 5.74. The quantitative estimate of drug-likeness (QED) is 0.831. The van der Waals surface area contributed by atoms with E-state index in [0.717, 1.165) is 57.7 Å². The van der Waals surface area contributed by atoms with Crippen molar-refractivity contribution in [1.82, 2.24) is 25.3 Å². The smallest absolute Gasteiger partial charge is 0.317 e. The molecule has 7 heteroatoms. The number of hydrogen-bond acceptors (Lipinski definition) is 3. The van der Waals surface area contributed by atoms with E-state index in [1.807, 2.05) is 9.80 Å². The van der Waals surface area contributed by atoms with Crippen LogP contribution in [-0.4, -0.2) is 78.6 Å². The summed E-state index contributed by atoms with van der Waals surface area (Å²) in [5, 5.41) is 5.76. The van der Waals surface area contributed by atoms with Crippen LogP contribution in [-0.2, 0) is 6.54 Å². The maximum atomic E-state index is 12.5. The molecule has 7 nitrogen and oxygen atoms in total. The molecule has 2 saturated heterocycles. The summed E-state index contributed by atoms with van der Waals surface area (Å²) in [5.41, 5.74) is 2.37. The highest BCUT2D eigenvalue weighted by Gasteiger charge is 2.44. The Morgan fingerprint density at radius 1 is 1.00 bits per heavy atom. The van der Waals surface area contributed by atoms with E-state index in [-0.39, 0.29) is 17.6 Å². The average Bonchev–Trinajstić information content (AvgIpc) is 3.18. The minimum atomic E-state index is 0.00387. The van der Waals surface area contributed by atoms with E-state index in [1.165, 1.54) is 5.56 Å². The fourth-order valence-corrected chi connectivity index (χ4v) is 4.34. The molecule has 0 saturated carbocycles. The molecule has 3 rings (SSSR count). The second-order valence-electron chi connectivity index (χ2n) is 7.92. The summed E-state index contributed by atoms with van der Waals surface area (Å²) >= 11 is 0. The summed E-state index contributed by atoms with van der Waals surface area (Å²) in [6, 6.07) is 8.24. The van der Waals surface area contributed by atoms with Gasteiger partial charge in [0.25, 0.3) is 0 Å². The lowest BCUT2D eigenvalue weighted by atomic mass is 9.92. The van der Waals surface area contributed by atoms with E-state index >= 15 is 0 Å². The Morgan fingerprint density at radius 3 is 2.29 bits per heavy atom. The molecule has 0 unspecified atom stereocenters. The number of benzene rings is 1. The summed E-state index contributed by atoms with van der Waals surface area (Å²) in [6.45, 7) is 9.54. The molecular weight excluding hydrogens is 354 g/mol. The van der Waals surface area contributed by atoms with Crippen molar-refractivity contribution in [3.8, 4) is 0 Å². The lowest BCUT2D eigenvalue weighted by Crippen LogP contribution is -2.60. The molecule has 0 aromatic heterocycles. The molecule has 0 aliphatic carbocycles. The Balaban J connectivity index is 1.50. The largest absolute Gasteiger partial charge is 0.341 e. The Hall–Kier alpha value is -2.28. The molecule has 0 radical (unpaired) electrons. The molecular formula is C21H33N5O2. The van der Waals surface area contributed by atoms with Gasteiger partial charge in [0.05, 0.1) is 0 Å². The van der Waals surface area contributed by atoms with Crippen molar-refractivity contribution in [2.24, 2.45) is 0 Å². The molecule has 1 aromatic rings. The molecule has 0 spiro atoms. The first kappa shape index (κ1) is 20.5. The summed E-state index contributed by atoms with van der Waals surface area (Å²) in [7, 11) is 1.68. The molecule has 1 atom stereocenters. The Morgan fingerprint density at radius 2 is 1.68 bits per heavy atom. The number of aryl methyl sites for hydroxylation is 1. The van der Waals surface area contributed by atoms with Crippen molar-refractivity contribution in [2.75, 3.05) is 46.3 Å². The molecule has 2 aliphatic heterocycles. The van der Waals surface area contributed by atoms with Crippen LogP contribution in [0.3, 0.4) is 0 Å². The van der Waals surface area contributed by atoms with E-state index < -0.39 is 0 Å². The molecule has 2 heterocycles. The van der Waals surface area contributed by atoms with Crippen LogP contribution >= 0.6 is 0 Å². The van der Waals surface area contributed by atoms with Crippen molar-refractivity contribution in [3.63, 3.8) is 0 Å². The topological polar surface area (TPSA) is 67.9 Å². The zero-order valence-corrected chi connectivity index (χ0v) is 17.3. The second kappa shape index (κ2) is 8.82. The van der Waals surface area contributed by atoms with E-state index in [4.69, 9.17) is 0 Å². The number of carbonyl (C=O) groups is 2. The number of rotatable bonds is 4. The van der Waals surface area contributed by atoms with Crippen LogP contribution in [0.1, 0.15) is 30.9 Å². The Kier molecular flexibility index (Phi) is 6.44. The monoisotopic (exact) mass is 387 g/mol. The summed E-state index contributed by atoms with van der Waals surface area (Å²) in [5.74, 6) is 0. The van der Waals surface area contributed by atoms with Gasteiger partial charge in [0.2, 0.25) is 0 Å². The molecule has 4 amide bonds. The number of carbonyl (C=O) groups excluding carboxylic acids is 2. The fraction of sp³-hybridized carbons (Fsp3) is 0.619. The maximum absolute atomic E-state index is 12.5. The van der Waals surface area contributed by atoms with Gasteiger partial charge in [0, 0.05) is 58.4 Å². The van der Waals surface area contributed by atoms with E-state index in [9.17, 15) is 9.59 Å². The minimum Gasteiger partial charge on any atom is -0.341 e. The average molecular weight is 388 g/mol. The van der Waals surface area contributed by atoms with Gasteiger partial charge in [0.15, 0.2) is 0 Å². The molecule has 0 bridgehead atoms. The van der Waals surface area contributed by atoms with Gasteiger partial charge in [-0.05, 0) is 25.3 Å². The van der Waals surface area contributed by atoms with Crippen LogP contribution in [0, 0.1) is 6.92 Å². The standard InChI is InChI=1S/C21H33N5O2/c1-4-21(9-10-25(16-21)19(27)22-3)26-13-11-24(12-14-26)20(28)23-15-18-7-5-17(2)6-8-18/h5-8H,4,9-16H2,1-3H3,(H,22,27)(H,23,28)/t21-/m1/s1. The van der Waals surface area contributed by atoms with Gasteiger partial charge in [0.1, 0.15) is 0 Å². The predicted molar refractivity (Wildman–Crippen MR) is 110 cm³/mol. The van der Waals surface area contributed by atoms with Crippen molar-refractivity contribution in [3.05, 3.63) is 35.4 Å². The molecule has 2 N–H and O–H groups in total. The van der Waals surface area contributed by atoms with Gasteiger partial charge in [-0.3, -0.25) is 4.90 Å². The molecule has 2 fully saturated rings. The van der Waals surface area contributed by atoms with E-state index in [2.05, 4.69) is 53.6 Å². The number of urea groups is 2. The zero-order chi connectivity index (χ0) is 20.1. The van der Waals surface area contributed by atoms with Crippen LogP contribution in [0.2, 0.25) is 0 Å². The number of nitrogens with zero attached hydrogens (tertiary/aromatic N) is 3.